The quantitative estimate of drug-likeness (QED) is 0.882. The van der Waals surface area contributed by atoms with Crippen molar-refractivity contribution in [1.82, 2.24) is 8.61 Å². The van der Waals surface area contributed by atoms with E-state index in [9.17, 15) is 13.2 Å². The molecule has 1 fully saturated rings. The van der Waals surface area contributed by atoms with Crippen molar-refractivity contribution in [3.8, 4) is 0 Å². The second-order valence-corrected chi connectivity index (χ2v) is 7.65. The molecule has 1 aromatic rings. The Hall–Kier alpha value is -1.44. The number of benzene rings is 1. The minimum atomic E-state index is -3.35. The van der Waals surface area contributed by atoms with Gasteiger partial charge in [-0.2, -0.15) is 17.0 Å². The Labute approximate surface area is 125 Å². The molecule has 1 N–H and O–H groups in total. The average molecular weight is 312 g/mol. The first kappa shape index (κ1) is 15.9. The molecule has 1 unspecified atom stereocenters. The number of carboxylic acids is 1. The summed E-state index contributed by atoms with van der Waals surface area (Å²) >= 11 is 0. The maximum Gasteiger partial charge on any atom is 0.335 e. The lowest BCUT2D eigenvalue weighted by Crippen LogP contribution is -2.38. The van der Waals surface area contributed by atoms with E-state index in [0.717, 1.165) is 12.0 Å². The average Bonchev–Trinajstić information content (AvgIpc) is 2.88. The Balaban J connectivity index is 2.03. The molecule has 1 heterocycles. The van der Waals surface area contributed by atoms with E-state index >= 15 is 0 Å². The normalized spacial score (nSPS) is 20.0. The van der Waals surface area contributed by atoms with E-state index in [1.807, 2.05) is 6.07 Å². The first-order chi connectivity index (χ1) is 9.80. The molecule has 0 aromatic heterocycles. The molecule has 1 aliphatic heterocycles. The van der Waals surface area contributed by atoms with Crippen LogP contribution in [0.5, 0.6) is 0 Å². The Bertz CT molecular complexity index is 628. The Morgan fingerprint density at radius 2 is 2.14 bits per heavy atom. The van der Waals surface area contributed by atoms with Crippen LogP contribution in [0, 0.1) is 5.92 Å². The highest BCUT2D eigenvalue weighted by atomic mass is 32.2. The highest BCUT2D eigenvalue weighted by Crippen LogP contribution is 2.24. The molecular weight excluding hydrogens is 292 g/mol. The summed E-state index contributed by atoms with van der Waals surface area (Å²) < 4.78 is 26.8. The Kier molecular flexibility index (Phi) is 4.65. The third kappa shape index (κ3) is 3.61. The van der Waals surface area contributed by atoms with Gasteiger partial charge < -0.3 is 5.11 Å². The minimum Gasteiger partial charge on any atom is -0.478 e. The van der Waals surface area contributed by atoms with Crippen molar-refractivity contribution in [3.05, 3.63) is 35.4 Å². The lowest BCUT2D eigenvalue weighted by atomic mass is 9.97. The monoisotopic (exact) mass is 312 g/mol. The number of hydrogen-bond acceptors (Lipinski definition) is 3. The van der Waals surface area contributed by atoms with Gasteiger partial charge in [0.1, 0.15) is 0 Å². The van der Waals surface area contributed by atoms with Crippen LogP contribution in [-0.2, 0) is 16.6 Å². The van der Waals surface area contributed by atoms with E-state index in [-0.39, 0.29) is 11.5 Å². The van der Waals surface area contributed by atoms with E-state index in [4.69, 9.17) is 5.11 Å². The number of carbonyl (C=O) groups is 1. The van der Waals surface area contributed by atoms with Gasteiger partial charge in [0.15, 0.2) is 0 Å². The van der Waals surface area contributed by atoms with Gasteiger partial charge >= 0.3 is 5.97 Å². The first-order valence-corrected chi connectivity index (χ1v) is 8.20. The molecule has 6 nitrogen and oxygen atoms in total. The van der Waals surface area contributed by atoms with E-state index in [1.165, 1.54) is 22.7 Å². The van der Waals surface area contributed by atoms with E-state index in [2.05, 4.69) is 0 Å². The Morgan fingerprint density at radius 3 is 2.76 bits per heavy atom. The number of nitrogens with zero attached hydrogens (tertiary/aromatic N) is 2. The summed E-state index contributed by atoms with van der Waals surface area (Å²) in [4.78, 5) is 11.0. The lowest BCUT2D eigenvalue weighted by molar-refractivity contribution is 0.0696. The zero-order chi connectivity index (χ0) is 15.6. The number of rotatable bonds is 5. The molecule has 0 saturated carbocycles. The van der Waals surface area contributed by atoms with Crippen molar-refractivity contribution < 1.29 is 18.3 Å². The van der Waals surface area contributed by atoms with Crippen LogP contribution in [0.1, 0.15) is 22.3 Å². The molecule has 7 heteroatoms. The molecule has 1 aromatic carbocycles. The predicted octanol–water partition coefficient (Wildman–Crippen LogP) is 1.06. The summed E-state index contributed by atoms with van der Waals surface area (Å²) in [5.74, 6) is -0.719. The fourth-order valence-electron chi connectivity index (χ4n) is 2.57. The third-order valence-electron chi connectivity index (χ3n) is 3.73. The van der Waals surface area contributed by atoms with E-state index < -0.39 is 16.2 Å². The molecule has 21 heavy (non-hydrogen) atoms. The minimum absolute atomic E-state index is 0.226. The van der Waals surface area contributed by atoms with E-state index in [1.54, 1.807) is 18.2 Å². The van der Waals surface area contributed by atoms with Crippen LogP contribution in [-0.4, -0.2) is 55.3 Å². The lowest BCUT2D eigenvalue weighted by Gasteiger charge is -2.20. The van der Waals surface area contributed by atoms with Gasteiger partial charge in [0.2, 0.25) is 0 Å². The van der Waals surface area contributed by atoms with Gasteiger partial charge in [-0.3, -0.25) is 0 Å². The van der Waals surface area contributed by atoms with Crippen molar-refractivity contribution in [1.29, 1.82) is 0 Å². The second-order valence-electron chi connectivity index (χ2n) is 5.51. The van der Waals surface area contributed by atoms with Crippen molar-refractivity contribution >= 4 is 16.2 Å². The molecule has 0 amide bonds. The SMILES string of the molecule is CN(C)S(=O)(=O)N1CCC(Cc2cccc(C(=O)O)c2)C1. The first-order valence-electron chi connectivity index (χ1n) is 6.80. The largest absolute Gasteiger partial charge is 0.478 e. The van der Waals surface area contributed by atoms with Crippen molar-refractivity contribution in [2.45, 2.75) is 12.8 Å². The molecule has 1 saturated heterocycles. The summed E-state index contributed by atoms with van der Waals surface area (Å²) in [5.41, 5.74) is 1.20. The topological polar surface area (TPSA) is 77.9 Å². The Morgan fingerprint density at radius 1 is 1.43 bits per heavy atom. The summed E-state index contributed by atoms with van der Waals surface area (Å²) in [6, 6.07) is 6.83. The van der Waals surface area contributed by atoms with Crippen LogP contribution in [0.25, 0.3) is 0 Å². The summed E-state index contributed by atoms with van der Waals surface area (Å²) in [6.07, 6.45) is 1.49. The molecule has 0 radical (unpaired) electrons. The van der Waals surface area contributed by atoms with Crippen molar-refractivity contribution in [2.75, 3.05) is 27.2 Å². The predicted molar refractivity (Wildman–Crippen MR) is 79.4 cm³/mol. The summed E-state index contributed by atoms with van der Waals surface area (Å²) in [5, 5.41) is 8.99. The van der Waals surface area contributed by atoms with Gasteiger partial charge in [0, 0.05) is 27.2 Å². The van der Waals surface area contributed by atoms with Crippen molar-refractivity contribution in [2.24, 2.45) is 5.92 Å². The van der Waals surface area contributed by atoms with Crippen LogP contribution >= 0.6 is 0 Å². The third-order valence-corrected chi connectivity index (χ3v) is 5.64. The maximum atomic E-state index is 12.0. The number of hydrogen-bond donors (Lipinski definition) is 1. The molecule has 116 valence electrons. The standard InChI is InChI=1S/C14H20N2O4S/c1-15(2)21(19,20)16-7-6-12(10-16)8-11-4-3-5-13(9-11)14(17)18/h3-5,9,12H,6-8,10H2,1-2H3,(H,17,18). The zero-order valence-corrected chi connectivity index (χ0v) is 13.0. The fourth-order valence-corrected chi connectivity index (χ4v) is 3.77. The molecule has 0 spiro atoms. The molecular formula is C14H20N2O4S. The van der Waals surface area contributed by atoms with Gasteiger partial charge in [-0.05, 0) is 36.5 Å². The molecule has 0 aliphatic carbocycles. The maximum absolute atomic E-state index is 12.0. The highest BCUT2D eigenvalue weighted by Gasteiger charge is 2.32. The fraction of sp³-hybridized carbons (Fsp3) is 0.500. The van der Waals surface area contributed by atoms with Crippen molar-refractivity contribution in [3.63, 3.8) is 0 Å². The zero-order valence-electron chi connectivity index (χ0n) is 12.2. The van der Waals surface area contributed by atoms with Gasteiger partial charge in [-0.15, -0.1) is 0 Å². The summed E-state index contributed by atoms with van der Waals surface area (Å²) in [7, 11) is -0.297. The molecule has 0 bridgehead atoms. The van der Waals surface area contributed by atoms with Gasteiger partial charge in [-0.1, -0.05) is 12.1 Å². The van der Waals surface area contributed by atoms with Gasteiger partial charge in [0.25, 0.3) is 10.2 Å². The smallest absolute Gasteiger partial charge is 0.335 e. The van der Waals surface area contributed by atoms with Crippen LogP contribution in [0.2, 0.25) is 0 Å². The molecule has 2 rings (SSSR count). The van der Waals surface area contributed by atoms with Crippen LogP contribution < -0.4 is 0 Å². The second kappa shape index (κ2) is 6.13. The number of aromatic carboxylic acids is 1. The van der Waals surface area contributed by atoms with Crippen LogP contribution in [0.15, 0.2) is 24.3 Å². The number of carboxylic acid groups (broad SMARTS) is 1. The highest BCUT2D eigenvalue weighted by molar-refractivity contribution is 7.86. The van der Waals surface area contributed by atoms with Crippen LogP contribution in [0.3, 0.4) is 0 Å². The van der Waals surface area contributed by atoms with Crippen LogP contribution in [0.4, 0.5) is 0 Å². The molecule has 1 aliphatic rings. The van der Waals surface area contributed by atoms with Gasteiger partial charge in [-0.25, -0.2) is 4.79 Å². The molecule has 1 atom stereocenters. The summed E-state index contributed by atoms with van der Waals surface area (Å²) in [6.45, 7) is 1.00. The van der Waals surface area contributed by atoms with Gasteiger partial charge in [0.05, 0.1) is 5.56 Å². The van der Waals surface area contributed by atoms with E-state index in [0.29, 0.717) is 19.5 Å².